The van der Waals surface area contributed by atoms with Crippen molar-refractivity contribution in [3.05, 3.63) is 57.9 Å². The van der Waals surface area contributed by atoms with E-state index in [4.69, 9.17) is 16.3 Å². The second-order valence-electron chi connectivity index (χ2n) is 12.5. The molecule has 3 aromatic rings. The van der Waals surface area contributed by atoms with Gasteiger partial charge >= 0.3 is 6.09 Å². The van der Waals surface area contributed by atoms with Crippen molar-refractivity contribution in [3.8, 4) is 5.75 Å². The number of nitrogens with one attached hydrogen (secondary N) is 2. The van der Waals surface area contributed by atoms with Gasteiger partial charge in [0.25, 0.3) is 0 Å². The number of aromatic nitrogens is 1. The second-order valence-corrected chi connectivity index (χ2v) is 13.9. The maximum atomic E-state index is 14.6. The lowest BCUT2D eigenvalue weighted by Crippen LogP contribution is -2.64. The summed E-state index contributed by atoms with van der Waals surface area (Å²) < 4.78 is 24.2. The average Bonchev–Trinajstić information content (AvgIpc) is 3.62. The maximum absolute atomic E-state index is 14.6. The molecular formula is C35H44ClN5O4S. The molecule has 6 rings (SSSR count). The van der Waals surface area contributed by atoms with Crippen LogP contribution in [0.3, 0.4) is 0 Å². The normalized spacial score (nSPS) is 22.4. The van der Waals surface area contributed by atoms with Crippen LogP contribution in [0.1, 0.15) is 78.2 Å². The number of halogens is 1. The number of rotatable bonds is 9. The van der Waals surface area contributed by atoms with Gasteiger partial charge in [0.15, 0.2) is 5.75 Å². The Morgan fingerprint density at radius 1 is 1.02 bits per heavy atom. The SMILES string of the molecule is [2H]C1(C[C@H](NC2([2H])CCCCC2)C(=O)N2CCN(C(=O)Oc3ccc(Cl)c4cccnc34)C[C@H]2C(=O)NCc2cccs2)CCCCC1. The minimum Gasteiger partial charge on any atom is -0.408 e. The van der Waals surface area contributed by atoms with Gasteiger partial charge in [-0.05, 0) is 60.9 Å². The Morgan fingerprint density at radius 2 is 1.80 bits per heavy atom. The van der Waals surface area contributed by atoms with Gasteiger partial charge in [0, 0.05) is 38.3 Å². The van der Waals surface area contributed by atoms with Crippen LogP contribution >= 0.6 is 22.9 Å². The Morgan fingerprint density at radius 3 is 2.57 bits per heavy atom. The Labute approximate surface area is 282 Å². The number of hydrogen-bond donors (Lipinski definition) is 2. The molecule has 0 unspecified atom stereocenters. The lowest BCUT2D eigenvalue weighted by Gasteiger charge is -2.42. The molecule has 1 saturated heterocycles. The smallest absolute Gasteiger partial charge is 0.408 e. The molecule has 2 atom stereocenters. The first-order valence-electron chi connectivity index (χ1n) is 17.5. The molecule has 9 nitrogen and oxygen atoms in total. The predicted octanol–water partition coefficient (Wildman–Crippen LogP) is 6.54. The zero-order valence-corrected chi connectivity index (χ0v) is 27.7. The highest BCUT2D eigenvalue weighted by molar-refractivity contribution is 7.09. The summed E-state index contributed by atoms with van der Waals surface area (Å²) in [6, 6.07) is 7.92. The number of thiophene rings is 1. The van der Waals surface area contributed by atoms with E-state index in [9.17, 15) is 17.1 Å². The molecule has 46 heavy (non-hydrogen) atoms. The van der Waals surface area contributed by atoms with Crippen molar-refractivity contribution in [3.63, 3.8) is 0 Å². The summed E-state index contributed by atoms with van der Waals surface area (Å²) in [5.41, 5.74) is 0.449. The van der Waals surface area contributed by atoms with E-state index in [-0.39, 0.29) is 43.6 Å². The van der Waals surface area contributed by atoms with Gasteiger partial charge in [0.2, 0.25) is 11.8 Å². The van der Waals surface area contributed by atoms with Crippen LogP contribution in [0.4, 0.5) is 4.79 Å². The lowest BCUT2D eigenvalue weighted by molar-refractivity contribution is -0.145. The van der Waals surface area contributed by atoms with E-state index in [1.54, 1.807) is 35.4 Å². The van der Waals surface area contributed by atoms with Crippen LogP contribution in [-0.4, -0.2) is 70.4 Å². The summed E-state index contributed by atoms with van der Waals surface area (Å²) in [6.07, 6.45) is 9.81. The van der Waals surface area contributed by atoms with Crippen LogP contribution in [-0.2, 0) is 16.1 Å². The summed E-state index contributed by atoms with van der Waals surface area (Å²) in [7, 11) is 0. The highest BCUT2D eigenvalue weighted by atomic mass is 35.5. The predicted molar refractivity (Wildman–Crippen MR) is 181 cm³/mol. The first kappa shape index (κ1) is 30.1. The third kappa shape index (κ3) is 8.01. The zero-order valence-electron chi connectivity index (χ0n) is 28.1. The van der Waals surface area contributed by atoms with E-state index in [0.717, 1.165) is 43.4 Å². The molecule has 1 aromatic carbocycles. The third-order valence-electron chi connectivity index (χ3n) is 9.30. The number of fused-ring (bicyclic) bond motifs is 1. The van der Waals surface area contributed by atoms with Crippen LogP contribution in [0.2, 0.25) is 5.02 Å². The van der Waals surface area contributed by atoms with Crippen molar-refractivity contribution < 1.29 is 21.9 Å². The zero-order chi connectivity index (χ0) is 33.7. The Balaban J connectivity index is 1.24. The molecule has 3 aliphatic rings. The Hall–Kier alpha value is -3.21. The van der Waals surface area contributed by atoms with Gasteiger partial charge in [-0.1, -0.05) is 69.0 Å². The standard InChI is InChI=1S/C35H44ClN5O4S/c36-28-15-16-31(32-27(28)14-7-17-37-32)45-35(44)40-18-19-41(30(23-40)33(42)38-22-26-13-8-20-46-26)34(43)29(21-24-9-3-1-4-10-24)39-25-11-5-2-6-12-25/h7-8,13-17,20,24-25,29-30,39H,1-6,9-12,18-19,21-23H2,(H,38,42)/t29-,30-/m0/s1/i24D,25D. The van der Waals surface area contributed by atoms with E-state index in [2.05, 4.69) is 15.6 Å². The van der Waals surface area contributed by atoms with Crippen molar-refractivity contribution >= 4 is 51.7 Å². The fraction of sp³-hybridized carbons (Fsp3) is 0.543. The van der Waals surface area contributed by atoms with Crippen LogP contribution in [0, 0.1) is 5.89 Å². The monoisotopic (exact) mass is 667 g/mol. The number of hydrogen-bond acceptors (Lipinski definition) is 7. The van der Waals surface area contributed by atoms with Gasteiger partial charge in [-0.3, -0.25) is 14.6 Å². The van der Waals surface area contributed by atoms with Crippen LogP contribution in [0.5, 0.6) is 5.75 Å². The number of pyridine rings is 1. The first-order valence-corrected chi connectivity index (χ1v) is 17.8. The number of carbonyl (C=O) groups excluding carboxylic acids is 3. The largest absolute Gasteiger partial charge is 0.415 e. The molecule has 2 aliphatic carbocycles. The summed E-state index contributed by atoms with van der Waals surface area (Å²) in [4.78, 5) is 50.4. The number of benzene rings is 1. The van der Waals surface area contributed by atoms with E-state index < -0.39 is 30.1 Å². The Bertz CT molecular complexity index is 1570. The topological polar surface area (TPSA) is 104 Å². The van der Waals surface area contributed by atoms with Gasteiger partial charge in [0.05, 0.1) is 24.2 Å². The van der Waals surface area contributed by atoms with Crippen LogP contribution in [0.15, 0.2) is 48.0 Å². The second kappa shape index (κ2) is 15.6. The van der Waals surface area contributed by atoms with E-state index in [1.165, 1.54) is 16.2 Å². The van der Waals surface area contributed by atoms with Gasteiger partial charge in [-0.2, -0.15) is 0 Å². The summed E-state index contributed by atoms with van der Waals surface area (Å²) >= 11 is 7.87. The molecule has 246 valence electrons. The van der Waals surface area contributed by atoms with E-state index >= 15 is 0 Å². The fourth-order valence-corrected chi connectivity index (χ4v) is 7.67. The summed E-state index contributed by atoms with van der Waals surface area (Å²) in [5.74, 6) is -1.18. The van der Waals surface area contributed by atoms with E-state index in [1.807, 2.05) is 17.5 Å². The van der Waals surface area contributed by atoms with Gasteiger partial charge in [0.1, 0.15) is 11.6 Å². The van der Waals surface area contributed by atoms with Crippen molar-refractivity contribution in [2.45, 2.75) is 95.3 Å². The fourth-order valence-electron chi connectivity index (χ4n) is 6.81. The summed E-state index contributed by atoms with van der Waals surface area (Å²) in [6.45, 7) is 0.502. The van der Waals surface area contributed by atoms with Crippen molar-refractivity contribution in [2.75, 3.05) is 19.6 Å². The van der Waals surface area contributed by atoms with Gasteiger partial charge in [-0.25, -0.2) is 4.79 Å². The molecule has 3 heterocycles. The lowest BCUT2D eigenvalue weighted by atomic mass is 9.83. The van der Waals surface area contributed by atoms with Crippen LogP contribution < -0.4 is 15.4 Å². The number of amides is 3. The molecule has 2 aromatic heterocycles. The quantitative estimate of drug-likeness (QED) is 0.269. The minimum atomic E-state index is -0.982. The molecule has 0 bridgehead atoms. The maximum Gasteiger partial charge on any atom is 0.415 e. The molecule has 3 fully saturated rings. The summed E-state index contributed by atoms with van der Waals surface area (Å²) in [5, 5.41) is 9.46. The first-order chi connectivity index (χ1) is 23.1. The number of nitrogens with zero attached hydrogens (tertiary/aromatic N) is 3. The van der Waals surface area contributed by atoms with Gasteiger partial charge in [-0.15, -0.1) is 11.3 Å². The molecule has 0 spiro atoms. The highest BCUT2D eigenvalue weighted by Crippen LogP contribution is 2.31. The molecule has 11 heteroatoms. The number of ether oxygens (including phenoxy) is 1. The number of carbonyl (C=O) groups is 3. The molecule has 3 amide bonds. The van der Waals surface area contributed by atoms with Gasteiger partial charge < -0.3 is 25.2 Å². The Kier molecular flexibility index (Phi) is 10.2. The average molecular weight is 668 g/mol. The number of piperazine rings is 1. The molecule has 0 radical (unpaired) electrons. The van der Waals surface area contributed by atoms with Crippen LogP contribution in [0.25, 0.3) is 10.9 Å². The van der Waals surface area contributed by atoms with Crippen molar-refractivity contribution in [1.82, 2.24) is 25.4 Å². The molecule has 2 N–H and O–H groups in total. The molecule has 1 aliphatic heterocycles. The molecular weight excluding hydrogens is 622 g/mol. The highest BCUT2D eigenvalue weighted by Gasteiger charge is 2.41. The molecule has 2 saturated carbocycles. The minimum absolute atomic E-state index is 0.0649. The van der Waals surface area contributed by atoms with Crippen molar-refractivity contribution in [1.29, 1.82) is 0 Å². The van der Waals surface area contributed by atoms with E-state index in [0.29, 0.717) is 48.2 Å². The van der Waals surface area contributed by atoms with Crippen molar-refractivity contribution in [2.24, 2.45) is 5.89 Å². The third-order valence-corrected chi connectivity index (χ3v) is 10.5.